The van der Waals surface area contributed by atoms with Crippen LogP contribution in [0.2, 0.25) is 5.02 Å². The van der Waals surface area contributed by atoms with Crippen LogP contribution in [-0.4, -0.2) is 60.4 Å². The molecule has 0 bridgehead atoms. The van der Waals surface area contributed by atoms with Crippen LogP contribution in [0.1, 0.15) is 51.2 Å². The molecule has 3 rings (SSSR count). The molecule has 0 spiro atoms. The van der Waals surface area contributed by atoms with Gasteiger partial charge in [0.05, 0.1) is 6.61 Å². The van der Waals surface area contributed by atoms with E-state index in [1.807, 2.05) is 24.3 Å². The summed E-state index contributed by atoms with van der Waals surface area (Å²) in [7, 11) is 0. The predicted octanol–water partition coefficient (Wildman–Crippen LogP) is 4.10. The number of aliphatic hydroxyl groups is 1. The minimum Gasteiger partial charge on any atom is -0.494 e. The molecule has 2 aromatic rings. The Labute approximate surface area is 223 Å². The van der Waals surface area contributed by atoms with Crippen molar-refractivity contribution in [2.45, 2.75) is 57.6 Å². The number of rotatable bonds is 12. The van der Waals surface area contributed by atoms with E-state index in [0.717, 1.165) is 5.56 Å². The number of nitrogens with zero attached hydrogens (tertiary/aromatic N) is 1. The number of carbonyl (C=O) groups is 2. The quantitative estimate of drug-likeness (QED) is 0.316. The summed E-state index contributed by atoms with van der Waals surface area (Å²) in [6, 6.07) is 14.6. The summed E-state index contributed by atoms with van der Waals surface area (Å²) < 4.78 is 16.9. The summed E-state index contributed by atoms with van der Waals surface area (Å²) in [5.74, 6) is 0.266. The van der Waals surface area contributed by atoms with Crippen molar-refractivity contribution in [2.75, 3.05) is 26.4 Å². The second kappa shape index (κ2) is 12.9. The van der Waals surface area contributed by atoms with Crippen LogP contribution in [0.15, 0.2) is 53.5 Å². The smallest absolute Gasteiger partial charge is 0.306 e. The van der Waals surface area contributed by atoms with E-state index in [1.165, 1.54) is 0 Å². The lowest BCUT2D eigenvalue weighted by Gasteiger charge is -2.24. The molecule has 1 heterocycles. The number of amides is 1. The first-order chi connectivity index (χ1) is 17.6. The topological polar surface area (TPSA) is 106 Å². The third-order valence-electron chi connectivity index (χ3n) is 5.66. The van der Waals surface area contributed by atoms with Gasteiger partial charge in [0.1, 0.15) is 18.0 Å². The zero-order chi connectivity index (χ0) is 26.9. The number of carbonyl (C=O) groups excluding carboxylic acids is 2. The van der Waals surface area contributed by atoms with Crippen LogP contribution >= 0.6 is 11.6 Å². The van der Waals surface area contributed by atoms with Gasteiger partial charge in [-0.05, 0) is 69.5 Å². The highest BCUT2D eigenvalue weighted by Crippen LogP contribution is 2.29. The minimum absolute atomic E-state index is 0.0117. The molecule has 2 N–H and O–H groups in total. The second-order valence-corrected chi connectivity index (χ2v) is 10.3. The molecule has 37 heavy (non-hydrogen) atoms. The standard InChI is InChI=1S/C28H35ClN2O6/c1-27(2,3)37-24(33)13-15-28(26(34)30-16-14-20-7-4-5-8-23(20)29)19-36-25(31-28)21-9-11-22(12-10-21)35-18-6-17-32/h4-5,7-12,32H,6,13-19H2,1-3H3,(H,30,34)/t28-/m1/s1. The fourth-order valence-electron chi connectivity index (χ4n) is 3.78. The molecule has 0 unspecified atom stereocenters. The summed E-state index contributed by atoms with van der Waals surface area (Å²) in [6.07, 6.45) is 1.27. The van der Waals surface area contributed by atoms with E-state index in [2.05, 4.69) is 10.3 Å². The summed E-state index contributed by atoms with van der Waals surface area (Å²) in [5.41, 5.74) is -0.260. The molecular formula is C28H35ClN2O6. The molecule has 0 fully saturated rings. The van der Waals surface area contributed by atoms with Crippen molar-refractivity contribution in [3.63, 3.8) is 0 Å². The molecule has 9 heteroatoms. The first-order valence-corrected chi connectivity index (χ1v) is 12.8. The maximum absolute atomic E-state index is 13.4. The van der Waals surface area contributed by atoms with Gasteiger partial charge in [0.2, 0.25) is 5.90 Å². The van der Waals surface area contributed by atoms with Crippen LogP contribution < -0.4 is 10.1 Å². The van der Waals surface area contributed by atoms with Crippen molar-refractivity contribution >= 4 is 29.4 Å². The largest absolute Gasteiger partial charge is 0.494 e. The lowest BCUT2D eigenvalue weighted by molar-refractivity contribution is -0.155. The summed E-state index contributed by atoms with van der Waals surface area (Å²) in [6.45, 7) is 6.25. The van der Waals surface area contributed by atoms with Gasteiger partial charge >= 0.3 is 5.97 Å². The first kappa shape index (κ1) is 28.5. The SMILES string of the molecule is CC(C)(C)OC(=O)CC[C@]1(C(=O)NCCc2ccccc2Cl)COC(c2ccc(OCCCO)cc2)=N1. The zero-order valence-corrected chi connectivity index (χ0v) is 22.3. The Balaban J connectivity index is 1.73. The van der Waals surface area contributed by atoms with Gasteiger partial charge in [0, 0.05) is 36.6 Å². The van der Waals surface area contributed by atoms with Crippen molar-refractivity contribution < 1.29 is 28.9 Å². The van der Waals surface area contributed by atoms with E-state index >= 15 is 0 Å². The molecule has 200 valence electrons. The zero-order valence-electron chi connectivity index (χ0n) is 21.6. The molecule has 2 aromatic carbocycles. The number of aliphatic imine (C=N–C) groups is 1. The number of esters is 1. The molecular weight excluding hydrogens is 496 g/mol. The molecule has 1 amide bonds. The van der Waals surface area contributed by atoms with Gasteiger partial charge in [-0.15, -0.1) is 0 Å². The normalized spacial score (nSPS) is 17.1. The van der Waals surface area contributed by atoms with Gasteiger partial charge in [-0.3, -0.25) is 9.59 Å². The van der Waals surface area contributed by atoms with Crippen LogP contribution in [0.5, 0.6) is 5.75 Å². The third-order valence-corrected chi connectivity index (χ3v) is 6.03. The predicted molar refractivity (Wildman–Crippen MR) is 142 cm³/mol. The van der Waals surface area contributed by atoms with Crippen LogP contribution in [0.3, 0.4) is 0 Å². The first-order valence-electron chi connectivity index (χ1n) is 12.4. The van der Waals surface area contributed by atoms with Crippen molar-refractivity contribution in [3.05, 3.63) is 64.7 Å². The average molecular weight is 531 g/mol. The third kappa shape index (κ3) is 8.47. The highest BCUT2D eigenvalue weighted by Gasteiger charge is 2.44. The van der Waals surface area contributed by atoms with Gasteiger partial charge in [-0.1, -0.05) is 29.8 Å². The summed E-state index contributed by atoms with van der Waals surface area (Å²) >= 11 is 6.24. The Morgan fingerprint density at radius 3 is 2.57 bits per heavy atom. The van der Waals surface area contributed by atoms with E-state index in [-0.39, 0.29) is 32.0 Å². The number of ether oxygens (including phenoxy) is 3. The van der Waals surface area contributed by atoms with Gasteiger partial charge < -0.3 is 24.6 Å². The van der Waals surface area contributed by atoms with Gasteiger partial charge in [0.15, 0.2) is 5.54 Å². The van der Waals surface area contributed by atoms with Crippen molar-refractivity contribution in [2.24, 2.45) is 4.99 Å². The van der Waals surface area contributed by atoms with Crippen molar-refractivity contribution in [1.82, 2.24) is 5.32 Å². The molecule has 8 nitrogen and oxygen atoms in total. The van der Waals surface area contributed by atoms with Crippen LogP contribution in [0.25, 0.3) is 0 Å². The molecule has 0 aromatic heterocycles. The van der Waals surface area contributed by atoms with Gasteiger partial charge in [-0.25, -0.2) is 4.99 Å². The molecule has 1 aliphatic rings. The number of hydrogen-bond acceptors (Lipinski definition) is 7. The molecule has 0 saturated heterocycles. The Bertz CT molecular complexity index is 1100. The van der Waals surface area contributed by atoms with Gasteiger partial charge in [-0.2, -0.15) is 0 Å². The summed E-state index contributed by atoms with van der Waals surface area (Å²) in [4.78, 5) is 30.5. The Hall–Kier alpha value is -3.10. The summed E-state index contributed by atoms with van der Waals surface area (Å²) in [5, 5.41) is 12.5. The number of benzene rings is 2. The van der Waals surface area contributed by atoms with E-state index in [9.17, 15) is 9.59 Å². The number of nitrogens with one attached hydrogen (secondary N) is 1. The lowest BCUT2D eigenvalue weighted by Crippen LogP contribution is -2.47. The average Bonchev–Trinajstić information content (AvgIpc) is 3.29. The molecule has 1 atom stereocenters. The van der Waals surface area contributed by atoms with Crippen LogP contribution in [0.4, 0.5) is 0 Å². The highest BCUT2D eigenvalue weighted by molar-refractivity contribution is 6.31. The minimum atomic E-state index is -1.26. The van der Waals surface area contributed by atoms with Gasteiger partial charge in [0.25, 0.3) is 5.91 Å². The number of hydrogen-bond donors (Lipinski definition) is 2. The lowest BCUT2D eigenvalue weighted by atomic mass is 9.94. The molecule has 0 saturated carbocycles. The monoisotopic (exact) mass is 530 g/mol. The fraction of sp³-hybridized carbons (Fsp3) is 0.464. The van der Waals surface area contributed by atoms with E-state index < -0.39 is 17.1 Å². The molecule has 0 aliphatic carbocycles. The molecule has 1 aliphatic heterocycles. The highest BCUT2D eigenvalue weighted by atomic mass is 35.5. The van der Waals surface area contributed by atoms with Crippen LogP contribution in [0, 0.1) is 0 Å². The number of aliphatic hydroxyl groups excluding tert-OH is 1. The molecule has 0 radical (unpaired) electrons. The van der Waals surface area contributed by atoms with E-state index in [4.69, 9.17) is 30.9 Å². The number of halogens is 1. The Morgan fingerprint density at radius 1 is 1.16 bits per heavy atom. The second-order valence-electron chi connectivity index (χ2n) is 9.87. The Morgan fingerprint density at radius 2 is 1.89 bits per heavy atom. The fourth-order valence-corrected chi connectivity index (χ4v) is 4.01. The Kier molecular flexibility index (Phi) is 9.94. The van der Waals surface area contributed by atoms with E-state index in [1.54, 1.807) is 45.0 Å². The van der Waals surface area contributed by atoms with Crippen molar-refractivity contribution in [3.8, 4) is 5.75 Å². The van der Waals surface area contributed by atoms with Crippen molar-refractivity contribution in [1.29, 1.82) is 0 Å². The maximum atomic E-state index is 13.4. The van der Waals surface area contributed by atoms with E-state index in [0.29, 0.717) is 48.2 Å². The van der Waals surface area contributed by atoms with Crippen LogP contribution in [-0.2, 0) is 25.5 Å². The maximum Gasteiger partial charge on any atom is 0.306 e.